The minimum Gasteiger partial charge on any atom is -0.378 e. The van der Waals surface area contributed by atoms with Gasteiger partial charge in [-0.1, -0.05) is 60.7 Å². The van der Waals surface area contributed by atoms with E-state index < -0.39 is 0 Å². The predicted octanol–water partition coefficient (Wildman–Crippen LogP) is 4.54. The molecule has 0 spiro atoms. The lowest BCUT2D eigenvalue weighted by Crippen LogP contribution is -2.43. The summed E-state index contributed by atoms with van der Waals surface area (Å²) in [6, 6.07) is 26.7. The zero-order valence-electron chi connectivity index (χ0n) is 21.1. The zero-order valence-corrected chi connectivity index (χ0v) is 21.1. The van der Waals surface area contributed by atoms with Gasteiger partial charge in [0.15, 0.2) is 0 Å². The number of amides is 1. The molecule has 2 aliphatic heterocycles. The molecule has 1 amide bonds. The molecule has 2 fully saturated rings. The summed E-state index contributed by atoms with van der Waals surface area (Å²) < 4.78 is 11.8. The van der Waals surface area contributed by atoms with E-state index in [1.807, 2.05) is 48.5 Å². The van der Waals surface area contributed by atoms with Crippen LogP contribution in [-0.2, 0) is 21.5 Å². The summed E-state index contributed by atoms with van der Waals surface area (Å²) in [5, 5.41) is 13.6. The van der Waals surface area contributed by atoms with E-state index >= 15 is 0 Å². The Morgan fingerprint density at radius 1 is 0.973 bits per heavy atom. The molecule has 0 atom stereocenters. The largest absolute Gasteiger partial charge is 0.378 e. The first kappa shape index (κ1) is 25.2. The van der Waals surface area contributed by atoms with Crippen molar-refractivity contribution in [3.63, 3.8) is 0 Å². The SMILES string of the molecule is N#Cc1c(COCC2(c3ccccc3)CCNCC2)cc(-c2ccccc2)cc1C(=O)N1CCOCC1. The Morgan fingerprint density at radius 3 is 2.32 bits per heavy atom. The van der Waals surface area contributed by atoms with Gasteiger partial charge in [0.25, 0.3) is 5.91 Å². The van der Waals surface area contributed by atoms with E-state index in [1.165, 1.54) is 5.56 Å². The quantitative estimate of drug-likeness (QED) is 0.521. The van der Waals surface area contributed by atoms with Gasteiger partial charge in [-0.3, -0.25) is 4.79 Å². The Balaban J connectivity index is 1.46. The minimum atomic E-state index is -0.127. The van der Waals surface area contributed by atoms with Crippen molar-refractivity contribution in [2.75, 3.05) is 46.0 Å². The summed E-state index contributed by atoms with van der Waals surface area (Å²) in [6.45, 7) is 4.81. The molecule has 37 heavy (non-hydrogen) atoms. The Hall–Kier alpha value is -3.50. The maximum Gasteiger partial charge on any atom is 0.255 e. The maximum atomic E-state index is 13.5. The van der Waals surface area contributed by atoms with Crippen LogP contribution in [0.4, 0.5) is 0 Å². The Bertz CT molecular complexity index is 1240. The van der Waals surface area contributed by atoms with Crippen molar-refractivity contribution < 1.29 is 14.3 Å². The van der Waals surface area contributed by atoms with E-state index in [0.29, 0.717) is 44.0 Å². The highest BCUT2D eigenvalue weighted by Crippen LogP contribution is 2.35. The lowest BCUT2D eigenvalue weighted by atomic mass is 9.74. The molecule has 3 aromatic carbocycles. The lowest BCUT2D eigenvalue weighted by Gasteiger charge is -2.38. The molecule has 2 heterocycles. The first-order chi connectivity index (χ1) is 18.2. The highest BCUT2D eigenvalue weighted by Gasteiger charge is 2.34. The first-order valence-corrected chi connectivity index (χ1v) is 13.0. The van der Waals surface area contributed by atoms with Crippen molar-refractivity contribution in [3.05, 3.63) is 95.1 Å². The Morgan fingerprint density at radius 2 is 1.65 bits per heavy atom. The molecule has 2 saturated heterocycles. The second kappa shape index (κ2) is 11.7. The van der Waals surface area contributed by atoms with Crippen molar-refractivity contribution in [2.24, 2.45) is 0 Å². The third-order valence-corrected chi connectivity index (χ3v) is 7.55. The molecule has 6 heteroatoms. The number of nitrogens with zero attached hydrogens (tertiary/aromatic N) is 2. The molecular formula is C31H33N3O3. The van der Waals surface area contributed by atoms with Crippen molar-refractivity contribution >= 4 is 5.91 Å². The van der Waals surface area contributed by atoms with Gasteiger partial charge >= 0.3 is 0 Å². The van der Waals surface area contributed by atoms with Crippen LogP contribution in [0, 0.1) is 11.3 Å². The number of hydrogen-bond donors (Lipinski definition) is 1. The molecule has 0 radical (unpaired) electrons. The number of hydrogen-bond acceptors (Lipinski definition) is 5. The summed E-state index contributed by atoms with van der Waals surface area (Å²) in [4.78, 5) is 15.3. The number of carbonyl (C=O) groups excluding carboxylic acids is 1. The molecule has 6 nitrogen and oxygen atoms in total. The molecule has 2 aliphatic rings. The van der Waals surface area contributed by atoms with Crippen LogP contribution >= 0.6 is 0 Å². The summed E-state index contributed by atoms with van der Waals surface area (Å²) >= 11 is 0. The second-order valence-electron chi connectivity index (χ2n) is 9.83. The Labute approximate surface area is 218 Å². The molecule has 5 rings (SSSR count). The summed E-state index contributed by atoms with van der Waals surface area (Å²) in [6.07, 6.45) is 1.99. The normalized spacial score (nSPS) is 17.2. The van der Waals surface area contributed by atoms with Crippen molar-refractivity contribution in [1.29, 1.82) is 5.26 Å². The van der Waals surface area contributed by atoms with E-state index in [-0.39, 0.29) is 17.9 Å². The molecule has 0 saturated carbocycles. The number of morpholine rings is 1. The number of ether oxygens (including phenoxy) is 2. The maximum absolute atomic E-state index is 13.5. The molecule has 190 valence electrons. The topological polar surface area (TPSA) is 74.6 Å². The van der Waals surface area contributed by atoms with Gasteiger partial charge in [-0.15, -0.1) is 0 Å². The predicted molar refractivity (Wildman–Crippen MR) is 143 cm³/mol. The zero-order chi connectivity index (χ0) is 25.5. The second-order valence-corrected chi connectivity index (χ2v) is 9.83. The van der Waals surface area contributed by atoms with Gasteiger partial charge in [-0.2, -0.15) is 5.26 Å². The first-order valence-electron chi connectivity index (χ1n) is 13.0. The van der Waals surface area contributed by atoms with Crippen LogP contribution in [0.3, 0.4) is 0 Å². The van der Waals surface area contributed by atoms with E-state index in [1.54, 1.807) is 4.90 Å². The average molecular weight is 496 g/mol. The lowest BCUT2D eigenvalue weighted by molar-refractivity contribution is 0.0302. The number of piperidine rings is 1. The molecule has 0 bridgehead atoms. The minimum absolute atomic E-state index is 0.0667. The monoisotopic (exact) mass is 495 g/mol. The summed E-state index contributed by atoms with van der Waals surface area (Å²) in [5.41, 5.74) is 4.72. The fraction of sp³-hybridized carbons (Fsp3) is 0.355. The van der Waals surface area contributed by atoms with Gasteiger partial charge in [-0.25, -0.2) is 0 Å². The standard InChI is InChI=1S/C31H33N3O3/c32-21-29-26(22-37-23-31(11-13-33-14-12-31)27-9-5-2-6-10-27)19-25(24-7-3-1-4-8-24)20-28(29)30(35)34-15-17-36-18-16-34/h1-10,19-20,33H,11-18,22-23H2. The van der Waals surface area contributed by atoms with Crippen LogP contribution in [0.5, 0.6) is 0 Å². The van der Waals surface area contributed by atoms with Gasteiger partial charge in [0.1, 0.15) is 6.07 Å². The molecule has 0 aliphatic carbocycles. The van der Waals surface area contributed by atoms with Crippen molar-refractivity contribution in [2.45, 2.75) is 24.9 Å². The highest BCUT2D eigenvalue weighted by molar-refractivity contribution is 5.98. The number of rotatable bonds is 7. The molecule has 0 aromatic heterocycles. The highest BCUT2D eigenvalue weighted by atomic mass is 16.5. The van der Waals surface area contributed by atoms with Crippen molar-refractivity contribution in [1.82, 2.24) is 10.2 Å². The number of benzene rings is 3. The van der Waals surface area contributed by atoms with Crippen LogP contribution in [0.15, 0.2) is 72.8 Å². The summed E-state index contributed by atoms with van der Waals surface area (Å²) in [7, 11) is 0. The van der Waals surface area contributed by atoms with E-state index in [9.17, 15) is 10.1 Å². The van der Waals surface area contributed by atoms with Crippen LogP contribution in [0.1, 0.15) is 39.9 Å². The van der Waals surface area contributed by atoms with Gasteiger partial charge in [0.2, 0.25) is 0 Å². The average Bonchev–Trinajstić information content (AvgIpc) is 2.98. The number of carbonyl (C=O) groups is 1. The summed E-state index contributed by atoms with van der Waals surface area (Å²) in [5.74, 6) is -0.127. The third kappa shape index (κ3) is 5.60. The van der Waals surface area contributed by atoms with Gasteiger partial charge < -0.3 is 19.7 Å². The molecule has 3 aromatic rings. The third-order valence-electron chi connectivity index (χ3n) is 7.55. The van der Waals surface area contributed by atoms with Crippen LogP contribution in [-0.4, -0.2) is 56.8 Å². The van der Waals surface area contributed by atoms with Gasteiger partial charge in [-0.05, 0) is 60.3 Å². The molecule has 1 N–H and O–H groups in total. The van der Waals surface area contributed by atoms with Gasteiger partial charge in [0.05, 0.1) is 37.6 Å². The van der Waals surface area contributed by atoms with Crippen LogP contribution in [0.25, 0.3) is 11.1 Å². The Kier molecular flexibility index (Phi) is 7.96. The van der Waals surface area contributed by atoms with Crippen LogP contribution < -0.4 is 5.32 Å². The smallest absolute Gasteiger partial charge is 0.255 e. The van der Waals surface area contributed by atoms with E-state index in [4.69, 9.17) is 9.47 Å². The van der Waals surface area contributed by atoms with Gasteiger partial charge in [0, 0.05) is 18.5 Å². The van der Waals surface area contributed by atoms with E-state index in [2.05, 4.69) is 35.7 Å². The molecular weight excluding hydrogens is 462 g/mol. The number of nitrogens with one attached hydrogen (secondary N) is 1. The number of nitriles is 1. The van der Waals surface area contributed by atoms with Crippen molar-refractivity contribution in [3.8, 4) is 17.2 Å². The molecule has 0 unspecified atom stereocenters. The van der Waals surface area contributed by atoms with Crippen LogP contribution in [0.2, 0.25) is 0 Å². The fourth-order valence-electron chi connectivity index (χ4n) is 5.42. The van der Waals surface area contributed by atoms with E-state index in [0.717, 1.165) is 42.6 Å². The fourth-order valence-corrected chi connectivity index (χ4v) is 5.42.